The highest BCUT2D eigenvalue weighted by Gasteiger charge is 2.22. The lowest BCUT2D eigenvalue weighted by molar-refractivity contribution is -0.121. The number of hydrogen-bond acceptors (Lipinski definition) is 4. The standard InChI is InChI=1S/C27H31N3O3/c31-25(18-7-3-1-4-8-18)28-21-13-11-20(12-14-21)27-30-23-17-22(15-16-24(23)33-27)29-26(32)19-9-5-2-6-10-19/h11-19H,1-10H2,(H,28,31)(H,29,32). The normalized spacial score (nSPS) is 17.7. The van der Waals surface area contributed by atoms with Gasteiger partial charge in [0.25, 0.3) is 0 Å². The lowest BCUT2D eigenvalue weighted by atomic mass is 9.88. The van der Waals surface area contributed by atoms with Gasteiger partial charge in [-0.05, 0) is 68.1 Å². The molecule has 0 aliphatic heterocycles. The van der Waals surface area contributed by atoms with Crippen molar-refractivity contribution in [2.75, 3.05) is 10.6 Å². The number of nitrogens with zero attached hydrogens (tertiary/aromatic N) is 1. The number of aromatic nitrogens is 1. The molecule has 2 N–H and O–H groups in total. The first-order chi connectivity index (χ1) is 16.2. The third kappa shape index (κ3) is 5.10. The summed E-state index contributed by atoms with van der Waals surface area (Å²) in [6, 6.07) is 13.2. The van der Waals surface area contributed by atoms with Crippen LogP contribution in [0.5, 0.6) is 0 Å². The summed E-state index contributed by atoms with van der Waals surface area (Å²) in [6.45, 7) is 0. The van der Waals surface area contributed by atoms with Gasteiger partial charge in [-0.3, -0.25) is 9.59 Å². The SMILES string of the molecule is O=C(Nc1ccc(-c2nc3cc(NC(=O)C4CCCCC4)ccc3o2)cc1)C1CCCCC1. The lowest BCUT2D eigenvalue weighted by Gasteiger charge is -2.20. The summed E-state index contributed by atoms with van der Waals surface area (Å²) in [4.78, 5) is 29.7. The van der Waals surface area contributed by atoms with Gasteiger partial charge in [0.05, 0.1) is 0 Å². The molecule has 0 bridgehead atoms. The van der Waals surface area contributed by atoms with E-state index in [2.05, 4.69) is 15.6 Å². The number of oxazole rings is 1. The first-order valence-electron chi connectivity index (χ1n) is 12.3. The maximum atomic E-state index is 12.6. The zero-order valence-electron chi connectivity index (χ0n) is 18.9. The van der Waals surface area contributed by atoms with E-state index in [4.69, 9.17) is 4.42 Å². The summed E-state index contributed by atoms with van der Waals surface area (Å²) in [5, 5.41) is 6.08. The Hall–Kier alpha value is -3.15. The zero-order chi connectivity index (χ0) is 22.6. The van der Waals surface area contributed by atoms with E-state index in [1.165, 1.54) is 12.8 Å². The van der Waals surface area contributed by atoms with Gasteiger partial charge in [0.2, 0.25) is 17.7 Å². The minimum absolute atomic E-state index is 0.101. The van der Waals surface area contributed by atoms with Crippen molar-refractivity contribution in [1.82, 2.24) is 4.98 Å². The number of rotatable bonds is 5. The lowest BCUT2D eigenvalue weighted by Crippen LogP contribution is -2.24. The van der Waals surface area contributed by atoms with Gasteiger partial charge in [-0.1, -0.05) is 38.5 Å². The number of benzene rings is 2. The Bertz CT molecular complexity index is 1120. The largest absolute Gasteiger partial charge is 0.436 e. The Morgan fingerprint density at radius 2 is 1.27 bits per heavy atom. The van der Waals surface area contributed by atoms with Crippen molar-refractivity contribution in [2.24, 2.45) is 11.8 Å². The number of carbonyl (C=O) groups excluding carboxylic acids is 2. The molecule has 0 radical (unpaired) electrons. The van der Waals surface area contributed by atoms with Crippen LogP contribution in [0.2, 0.25) is 0 Å². The summed E-state index contributed by atoms with van der Waals surface area (Å²) >= 11 is 0. The highest BCUT2D eigenvalue weighted by Crippen LogP contribution is 2.29. The molecule has 3 aromatic rings. The van der Waals surface area contributed by atoms with Crippen molar-refractivity contribution in [1.29, 1.82) is 0 Å². The molecule has 0 atom stereocenters. The van der Waals surface area contributed by atoms with Gasteiger partial charge in [-0.15, -0.1) is 0 Å². The molecule has 5 rings (SSSR count). The van der Waals surface area contributed by atoms with Gasteiger partial charge in [-0.25, -0.2) is 4.98 Å². The Morgan fingerprint density at radius 1 is 0.727 bits per heavy atom. The van der Waals surface area contributed by atoms with Crippen LogP contribution in [0.25, 0.3) is 22.6 Å². The molecule has 6 nitrogen and oxygen atoms in total. The van der Waals surface area contributed by atoms with Crippen LogP contribution in [0.1, 0.15) is 64.2 Å². The van der Waals surface area contributed by atoms with E-state index in [9.17, 15) is 9.59 Å². The van der Waals surface area contributed by atoms with Crippen molar-refractivity contribution in [3.05, 3.63) is 42.5 Å². The highest BCUT2D eigenvalue weighted by molar-refractivity contribution is 5.95. The number of hydrogen-bond donors (Lipinski definition) is 2. The van der Waals surface area contributed by atoms with Crippen LogP contribution in [-0.2, 0) is 9.59 Å². The van der Waals surface area contributed by atoms with Crippen molar-refractivity contribution in [3.8, 4) is 11.5 Å². The fourth-order valence-corrected chi connectivity index (χ4v) is 5.04. The minimum atomic E-state index is 0.101. The van der Waals surface area contributed by atoms with Crippen LogP contribution in [0.3, 0.4) is 0 Å². The van der Waals surface area contributed by atoms with Gasteiger partial charge < -0.3 is 15.1 Å². The first kappa shape index (κ1) is 21.7. The Labute approximate surface area is 194 Å². The number of carbonyl (C=O) groups is 2. The van der Waals surface area contributed by atoms with E-state index in [1.54, 1.807) is 0 Å². The summed E-state index contributed by atoms with van der Waals surface area (Å²) in [7, 11) is 0. The average molecular weight is 446 g/mol. The minimum Gasteiger partial charge on any atom is -0.436 e. The quantitative estimate of drug-likeness (QED) is 0.467. The van der Waals surface area contributed by atoms with E-state index < -0.39 is 0 Å². The van der Waals surface area contributed by atoms with Gasteiger partial charge >= 0.3 is 0 Å². The number of nitrogens with one attached hydrogen (secondary N) is 2. The fourth-order valence-electron chi connectivity index (χ4n) is 5.04. The second-order valence-corrected chi connectivity index (χ2v) is 9.43. The number of fused-ring (bicyclic) bond motifs is 1. The third-order valence-electron chi connectivity index (χ3n) is 7.01. The fraction of sp³-hybridized carbons (Fsp3) is 0.444. The van der Waals surface area contributed by atoms with Crippen LogP contribution < -0.4 is 10.6 Å². The summed E-state index contributed by atoms with van der Waals surface area (Å²) in [6.07, 6.45) is 10.9. The van der Waals surface area contributed by atoms with Gasteiger partial charge in [0.15, 0.2) is 5.58 Å². The molecule has 2 aliphatic rings. The molecule has 2 aromatic carbocycles. The molecule has 2 fully saturated rings. The van der Waals surface area contributed by atoms with Crippen LogP contribution in [0.4, 0.5) is 11.4 Å². The molecule has 0 unspecified atom stereocenters. The molecular weight excluding hydrogens is 414 g/mol. The monoisotopic (exact) mass is 445 g/mol. The summed E-state index contributed by atoms with van der Waals surface area (Å²) in [5.41, 5.74) is 3.77. The smallest absolute Gasteiger partial charge is 0.227 e. The topological polar surface area (TPSA) is 84.2 Å². The third-order valence-corrected chi connectivity index (χ3v) is 7.01. The molecule has 33 heavy (non-hydrogen) atoms. The first-order valence-corrected chi connectivity index (χ1v) is 12.3. The predicted octanol–water partition coefficient (Wildman–Crippen LogP) is 6.53. The molecule has 1 heterocycles. The van der Waals surface area contributed by atoms with Crippen LogP contribution >= 0.6 is 0 Å². The van der Waals surface area contributed by atoms with Crippen molar-refractivity contribution in [3.63, 3.8) is 0 Å². The molecular formula is C27H31N3O3. The highest BCUT2D eigenvalue weighted by atomic mass is 16.3. The summed E-state index contributed by atoms with van der Waals surface area (Å²) < 4.78 is 5.94. The molecule has 6 heteroatoms. The second-order valence-electron chi connectivity index (χ2n) is 9.43. The zero-order valence-corrected chi connectivity index (χ0v) is 18.9. The van der Waals surface area contributed by atoms with Crippen LogP contribution in [0, 0.1) is 11.8 Å². The Balaban J connectivity index is 1.25. The molecule has 1 aromatic heterocycles. The maximum Gasteiger partial charge on any atom is 0.227 e. The van der Waals surface area contributed by atoms with Gasteiger partial charge in [0, 0.05) is 28.8 Å². The van der Waals surface area contributed by atoms with E-state index in [-0.39, 0.29) is 23.7 Å². The van der Waals surface area contributed by atoms with Crippen LogP contribution in [-0.4, -0.2) is 16.8 Å². The van der Waals surface area contributed by atoms with E-state index in [0.29, 0.717) is 17.0 Å². The van der Waals surface area contributed by atoms with Crippen LogP contribution in [0.15, 0.2) is 46.9 Å². The predicted molar refractivity (Wildman–Crippen MR) is 130 cm³/mol. The maximum absolute atomic E-state index is 12.6. The summed E-state index contributed by atoms with van der Waals surface area (Å²) in [5.74, 6) is 0.976. The molecule has 2 saturated carbocycles. The molecule has 2 amide bonds. The molecule has 2 aliphatic carbocycles. The molecule has 0 spiro atoms. The molecule has 172 valence electrons. The molecule has 0 saturated heterocycles. The van der Waals surface area contributed by atoms with E-state index in [0.717, 1.165) is 68.3 Å². The second kappa shape index (κ2) is 9.77. The Morgan fingerprint density at radius 3 is 1.88 bits per heavy atom. The van der Waals surface area contributed by atoms with Crippen molar-refractivity contribution < 1.29 is 14.0 Å². The number of anilines is 2. The van der Waals surface area contributed by atoms with Crippen molar-refractivity contribution in [2.45, 2.75) is 64.2 Å². The van der Waals surface area contributed by atoms with Gasteiger partial charge in [0.1, 0.15) is 5.52 Å². The average Bonchev–Trinajstić information content (AvgIpc) is 3.29. The van der Waals surface area contributed by atoms with E-state index >= 15 is 0 Å². The van der Waals surface area contributed by atoms with E-state index in [1.807, 2.05) is 42.5 Å². The van der Waals surface area contributed by atoms with Crippen molar-refractivity contribution >= 4 is 34.3 Å². The Kier molecular flexibility index (Phi) is 6.42. The number of amides is 2. The van der Waals surface area contributed by atoms with Gasteiger partial charge in [-0.2, -0.15) is 0 Å².